The molecule has 0 bridgehead atoms. The number of nitrogens with zero attached hydrogens (tertiary/aromatic N) is 1. The minimum Gasteiger partial charge on any atom is -0.444 e. The maximum Gasteiger partial charge on any atom is 0.413 e. The van der Waals surface area contributed by atoms with Crippen molar-refractivity contribution in [2.45, 2.75) is 44.9 Å². The molecule has 1 amide bonds. The second-order valence-corrected chi connectivity index (χ2v) is 6.34. The van der Waals surface area contributed by atoms with Gasteiger partial charge in [-0.25, -0.2) is 14.2 Å². The highest BCUT2D eigenvalue weighted by molar-refractivity contribution is 6.35. The molecule has 0 saturated heterocycles. The number of ketones is 1. The molecule has 5 nitrogen and oxygen atoms in total. The van der Waals surface area contributed by atoms with Crippen LogP contribution < -0.4 is 5.32 Å². The summed E-state index contributed by atoms with van der Waals surface area (Å²) in [6.45, 7) is 5.10. The molecule has 0 aromatic carbocycles. The van der Waals surface area contributed by atoms with Crippen LogP contribution in [0.5, 0.6) is 0 Å². The summed E-state index contributed by atoms with van der Waals surface area (Å²) in [6.07, 6.45) is 0.852. The summed E-state index contributed by atoms with van der Waals surface area (Å²) in [6, 6.07) is 1.38. The number of hydrogen-bond donors (Lipinski definition) is 1. The first-order valence-electron chi connectivity index (χ1n) is 6.51. The number of amides is 1. The lowest BCUT2D eigenvalue weighted by atomic mass is 10.1. The normalized spacial score (nSPS) is 16.2. The van der Waals surface area contributed by atoms with Crippen molar-refractivity contribution >= 4 is 29.3 Å². The number of aromatic nitrogens is 1. The number of hydrogen-bond acceptors (Lipinski definition) is 4. The van der Waals surface area contributed by atoms with Gasteiger partial charge in [0.1, 0.15) is 11.4 Å². The molecule has 1 saturated carbocycles. The SMILES string of the molecule is CC(C)(C)OC(=O)Nc1nccc(Cl)c1C(=O)C1(F)CC1. The van der Waals surface area contributed by atoms with E-state index in [-0.39, 0.29) is 29.2 Å². The van der Waals surface area contributed by atoms with Gasteiger partial charge in [0.05, 0.1) is 10.6 Å². The van der Waals surface area contributed by atoms with Crippen molar-refractivity contribution in [2.75, 3.05) is 5.32 Å². The first kappa shape index (κ1) is 15.7. The van der Waals surface area contributed by atoms with E-state index < -0.39 is 23.1 Å². The highest BCUT2D eigenvalue weighted by Gasteiger charge is 2.52. The number of anilines is 1. The van der Waals surface area contributed by atoms with Gasteiger partial charge in [0.15, 0.2) is 5.67 Å². The third-order valence-corrected chi connectivity index (χ3v) is 3.16. The van der Waals surface area contributed by atoms with Crippen LogP contribution in [-0.4, -0.2) is 28.1 Å². The van der Waals surface area contributed by atoms with E-state index in [1.54, 1.807) is 20.8 Å². The average molecular weight is 315 g/mol. The van der Waals surface area contributed by atoms with Gasteiger partial charge < -0.3 is 4.74 Å². The Bertz CT molecular complexity index is 594. The topological polar surface area (TPSA) is 68.3 Å². The van der Waals surface area contributed by atoms with Gasteiger partial charge in [0.2, 0.25) is 5.78 Å². The van der Waals surface area contributed by atoms with E-state index in [1.807, 2.05) is 0 Å². The first-order valence-corrected chi connectivity index (χ1v) is 6.88. The Kier molecular flexibility index (Phi) is 3.93. The summed E-state index contributed by atoms with van der Waals surface area (Å²) in [5.41, 5.74) is -2.72. The number of carbonyl (C=O) groups is 2. The summed E-state index contributed by atoms with van der Waals surface area (Å²) in [5, 5.41) is 2.39. The zero-order chi connectivity index (χ0) is 15.8. The molecule has 0 unspecified atom stereocenters. The highest BCUT2D eigenvalue weighted by Crippen LogP contribution is 2.44. The van der Waals surface area contributed by atoms with Gasteiger partial charge in [-0.1, -0.05) is 11.6 Å². The smallest absolute Gasteiger partial charge is 0.413 e. The molecule has 1 N–H and O–H groups in total. The minimum atomic E-state index is -1.89. The van der Waals surface area contributed by atoms with Crippen LogP contribution in [0.1, 0.15) is 44.0 Å². The number of rotatable bonds is 3. The lowest BCUT2D eigenvalue weighted by Crippen LogP contribution is -2.29. The molecule has 21 heavy (non-hydrogen) atoms. The van der Waals surface area contributed by atoms with Crippen LogP contribution >= 0.6 is 11.6 Å². The largest absolute Gasteiger partial charge is 0.444 e. The summed E-state index contributed by atoms with van der Waals surface area (Å²) < 4.78 is 19.0. The van der Waals surface area contributed by atoms with Crippen molar-refractivity contribution < 1.29 is 18.7 Å². The van der Waals surface area contributed by atoms with E-state index in [2.05, 4.69) is 10.3 Å². The molecule has 2 rings (SSSR count). The molecular formula is C14H16ClFN2O3. The second kappa shape index (κ2) is 5.26. The Labute approximate surface area is 126 Å². The third-order valence-electron chi connectivity index (χ3n) is 2.84. The summed E-state index contributed by atoms with van der Waals surface area (Å²) in [5.74, 6) is -0.850. The van der Waals surface area contributed by atoms with Crippen LogP contribution in [0.2, 0.25) is 5.02 Å². The van der Waals surface area contributed by atoms with Crippen molar-refractivity contribution in [3.8, 4) is 0 Å². The van der Waals surface area contributed by atoms with E-state index in [0.717, 1.165) is 0 Å². The Hall–Kier alpha value is -1.69. The van der Waals surface area contributed by atoms with Crippen LogP contribution in [-0.2, 0) is 4.74 Å². The second-order valence-electron chi connectivity index (χ2n) is 5.94. The molecule has 1 aliphatic carbocycles. The Morgan fingerprint density at radius 3 is 2.57 bits per heavy atom. The lowest BCUT2D eigenvalue weighted by Gasteiger charge is -2.20. The Morgan fingerprint density at radius 2 is 2.05 bits per heavy atom. The van der Waals surface area contributed by atoms with Crippen molar-refractivity contribution in [3.05, 3.63) is 22.8 Å². The molecule has 0 atom stereocenters. The maximum atomic E-state index is 14.0. The number of Topliss-reactive ketones (excluding diaryl/α,β-unsaturated/α-hetero) is 1. The van der Waals surface area contributed by atoms with Crippen LogP contribution in [0.4, 0.5) is 15.0 Å². The molecular weight excluding hydrogens is 299 g/mol. The molecule has 1 fully saturated rings. The zero-order valence-electron chi connectivity index (χ0n) is 12.0. The number of pyridine rings is 1. The molecule has 1 heterocycles. The molecule has 0 aliphatic heterocycles. The van der Waals surface area contributed by atoms with Crippen molar-refractivity contribution in [1.82, 2.24) is 4.98 Å². The van der Waals surface area contributed by atoms with E-state index in [0.29, 0.717) is 0 Å². The van der Waals surface area contributed by atoms with Gasteiger partial charge in [0, 0.05) is 6.20 Å². The number of carbonyl (C=O) groups excluding carboxylic acids is 2. The van der Waals surface area contributed by atoms with E-state index in [1.165, 1.54) is 12.3 Å². The summed E-state index contributed by atoms with van der Waals surface area (Å²) in [4.78, 5) is 27.8. The molecule has 0 spiro atoms. The fourth-order valence-corrected chi connectivity index (χ4v) is 1.94. The molecule has 7 heteroatoms. The fourth-order valence-electron chi connectivity index (χ4n) is 1.71. The Balaban J connectivity index is 2.26. The van der Waals surface area contributed by atoms with E-state index in [9.17, 15) is 14.0 Å². The number of halogens is 2. The quantitative estimate of drug-likeness (QED) is 0.862. The van der Waals surface area contributed by atoms with Gasteiger partial charge >= 0.3 is 6.09 Å². The average Bonchev–Trinajstić information content (AvgIpc) is 3.05. The number of alkyl halides is 1. The fraction of sp³-hybridized carbons (Fsp3) is 0.500. The molecule has 0 radical (unpaired) electrons. The minimum absolute atomic E-state index is 0.0463. The zero-order valence-corrected chi connectivity index (χ0v) is 12.8. The summed E-state index contributed by atoms with van der Waals surface area (Å²) >= 11 is 5.96. The lowest BCUT2D eigenvalue weighted by molar-refractivity contribution is 0.0635. The predicted octanol–water partition coefficient (Wildman–Crippen LogP) is 3.77. The van der Waals surface area contributed by atoms with Crippen LogP contribution in [0.25, 0.3) is 0 Å². The van der Waals surface area contributed by atoms with Crippen molar-refractivity contribution in [1.29, 1.82) is 0 Å². The predicted molar refractivity (Wildman–Crippen MR) is 76.5 cm³/mol. The van der Waals surface area contributed by atoms with Gasteiger partial charge in [0.25, 0.3) is 0 Å². The first-order chi connectivity index (χ1) is 9.62. The molecule has 114 valence electrons. The Morgan fingerprint density at radius 1 is 1.43 bits per heavy atom. The van der Waals surface area contributed by atoms with Crippen LogP contribution in [0.3, 0.4) is 0 Å². The monoisotopic (exact) mass is 314 g/mol. The van der Waals surface area contributed by atoms with Gasteiger partial charge in [-0.2, -0.15) is 0 Å². The molecule has 1 aromatic heterocycles. The summed E-state index contributed by atoms with van der Waals surface area (Å²) in [7, 11) is 0. The standard InChI is InChI=1S/C14H16ClFN2O3/c1-13(2,3)21-12(20)18-11-9(8(15)4-7-17-11)10(19)14(16)5-6-14/h4,7H,5-6H2,1-3H3,(H,17,18,20). The van der Waals surface area contributed by atoms with E-state index >= 15 is 0 Å². The van der Waals surface area contributed by atoms with Crippen LogP contribution in [0, 0.1) is 0 Å². The van der Waals surface area contributed by atoms with Crippen molar-refractivity contribution in [2.24, 2.45) is 0 Å². The molecule has 1 aromatic rings. The van der Waals surface area contributed by atoms with Gasteiger partial charge in [-0.3, -0.25) is 10.1 Å². The van der Waals surface area contributed by atoms with Crippen LogP contribution in [0.15, 0.2) is 12.3 Å². The highest BCUT2D eigenvalue weighted by atomic mass is 35.5. The maximum absolute atomic E-state index is 14.0. The van der Waals surface area contributed by atoms with Gasteiger partial charge in [-0.15, -0.1) is 0 Å². The molecule has 1 aliphatic rings. The van der Waals surface area contributed by atoms with Gasteiger partial charge in [-0.05, 0) is 39.7 Å². The third kappa shape index (κ3) is 3.69. The number of nitrogens with one attached hydrogen (secondary N) is 1. The van der Waals surface area contributed by atoms with Crippen molar-refractivity contribution in [3.63, 3.8) is 0 Å². The number of ether oxygens (including phenoxy) is 1. The van der Waals surface area contributed by atoms with E-state index in [4.69, 9.17) is 16.3 Å².